The average molecular weight is 363 g/mol. The van der Waals surface area contributed by atoms with E-state index in [1.165, 1.54) is 6.07 Å². The van der Waals surface area contributed by atoms with E-state index in [1.807, 2.05) is 18.2 Å². The summed E-state index contributed by atoms with van der Waals surface area (Å²) >= 11 is 11.9. The molecule has 6 heteroatoms. The van der Waals surface area contributed by atoms with Crippen LogP contribution in [-0.2, 0) is 10.3 Å². The molecule has 0 bridgehead atoms. The van der Waals surface area contributed by atoms with Gasteiger partial charge in [-0.15, -0.1) is 0 Å². The molecule has 0 aliphatic carbocycles. The van der Waals surface area contributed by atoms with Gasteiger partial charge in [-0.25, -0.2) is 0 Å². The number of nitrogens with zero attached hydrogens (tertiary/aromatic N) is 1. The Hall–Kier alpha value is -2.22. The number of carbonyl (C=O) groups is 1. The molecule has 0 saturated heterocycles. The fourth-order valence-corrected chi connectivity index (χ4v) is 2.55. The third kappa shape index (κ3) is 4.19. The van der Waals surface area contributed by atoms with Crippen molar-refractivity contribution in [2.75, 3.05) is 0 Å². The lowest BCUT2D eigenvalue weighted by Gasteiger charge is -2.26. The number of nitrogens with one attached hydrogen (secondary N) is 1. The van der Waals surface area contributed by atoms with Crippen molar-refractivity contribution in [3.63, 3.8) is 0 Å². The van der Waals surface area contributed by atoms with Gasteiger partial charge in [-0.05, 0) is 37.6 Å². The minimum absolute atomic E-state index is 0.313. The van der Waals surface area contributed by atoms with Crippen molar-refractivity contribution in [1.82, 2.24) is 5.32 Å². The molecule has 0 aliphatic rings. The van der Waals surface area contributed by atoms with Gasteiger partial charge in [0.25, 0.3) is 5.91 Å². The van der Waals surface area contributed by atoms with Crippen molar-refractivity contribution in [1.29, 1.82) is 5.26 Å². The third-order valence-electron chi connectivity index (χ3n) is 3.51. The minimum atomic E-state index is -1.15. The molecule has 0 fully saturated rings. The Balaban J connectivity index is 2.12. The second-order valence-corrected chi connectivity index (χ2v) is 6.27. The predicted octanol–water partition coefficient (Wildman–Crippen LogP) is 4.32. The van der Waals surface area contributed by atoms with Gasteiger partial charge in [-0.3, -0.25) is 4.79 Å². The highest BCUT2D eigenvalue weighted by molar-refractivity contribution is 6.35. The Kier molecular flexibility index (Phi) is 5.71. The fourth-order valence-electron chi connectivity index (χ4n) is 2.10. The smallest absolute Gasteiger partial charge is 0.262 e. The molecule has 0 spiro atoms. The van der Waals surface area contributed by atoms with Gasteiger partial charge in [0, 0.05) is 5.02 Å². The molecular formula is C18H16Cl2N2O2. The Labute approximate surface area is 151 Å². The highest BCUT2D eigenvalue weighted by Gasteiger charge is 2.30. The summed E-state index contributed by atoms with van der Waals surface area (Å²) in [6, 6.07) is 15.9. The first kappa shape index (κ1) is 18.1. The van der Waals surface area contributed by atoms with Gasteiger partial charge in [0.1, 0.15) is 11.3 Å². The molecule has 2 aromatic carbocycles. The Morgan fingerprint density at radius 1 is 1.25 bits per heavy atom. The lowest BCUT2D eigenvalue weighted by Crippen LogP contribution is -2.47. The molecule has 0 radical (unpaired) electrons. The van der Waals surface area contributed by atoms with Crippen LogP contribution < -0.4 is 10.1 Å². The number of hydrogen-bond acceptors (Lipinski definition) is 3. The number of halogens is 2. The van der Waals surface area contributed by atoms with Crippen molar-refractivity contribution >= 4 is 29.1 Å². The number of benzene rings is 2. The van der Waals surface area contributed by atoms with E-state index in [2.05, 4.69) is 11.4 Å². The van der Waals surface area contributed by atoms with Crippen molar-refractivity contribution in [3.05, 3.63) is 64.1 Å². The van der Waals surface area contributed by atoms with Crippen LogP contribution in [-0.4, -0.2) is 12.0 Å². The van der Waals surface area contributed by atoms with Crippen LogP contribution in [0.25, 0.3) is 0 Å². The summed E-state index contributed by atoms with van der Waals surface area (Å²) in [6.45, 7) is 3.23. The number of rotatable bonds is 5. The van der Waals surface area contributed by atoms with Crippen molar-refractivity contribution in [2.45, 2.75) is 25.5 Å². The summed E-state index contributed by atoms with van der Waals surface area (Å²) in [5, 5.41) is 13.0. The summed E-state index contributed by atoms with van der Waals surface area (Å²) in [7, 11) is 0. The largest absolute Gasteiger partial charge is 0.479 e. The molecule has 0 aromatic heterocycles. The fraction of sp³-hybridized carbons (Fsp3) is 0.222. The van der Waals surface area contributed by atoms with Crippen LogP contribution in [0.1, 0.15) is 19.4 Å². The zero-order valence-corrected chi connectivity index (χ0v) is 14.7. The minimum Gasteiger partial charge on any atom is -0.479 e. The zero-order chi connectivity index (χ0) is 17.7. The molecule has 2 atom stereocenters. The van der Waals surface area contributed by atoms with Crippen LogP contribution in [0.5, 0.6) is 5.75 Å². The number of nitriles is 1. The molecule has 2 rings (SSSR count). The van der Waals surface area contributed by atoms with E-state index in [9.17, 15) is 10.1 Å². The van der Waals surface area contributed by atoms with Crippen LogP contribution in [0.2, 0.25) is 10.0 Å². The quantitative estimate of drug-likeness (QED) is 0.861. The van der Waals surface area contributed by atoms with Gasteiger partial charge in [0.05, 0.1) is 11.1 Å². The van der Waals surface area contributed by atoms with Gasteiger partial charge in [-0.1, -0.05) is 53.5 Å². The second kappa shape index (κ2) is 7.57. The maximum Gasteiger partial charge on any atom is 0.262 e. The summed E-state index contributed by atoms with van der Waals surface area (Å²) in [4.78, 5) is 12.4. The molecule has 4 nitrogen and oxygen atoms in total. The normalized spacial score (nSPS) is 14.1. The molecule has 0 aliphatic heterocycles. The third-order valence-corrected chi connectivity index (χ3v) is 4.05. The first-order valence-corrected chi connectivity index (χ1v) is 8.02. The topological polar surface area (TPSA) is 62.1 Å². The molecular weight excluding hydrogens is 347 g/mol. The lowest BCUT2D eigenvalue weighted by atomic mass is 9.93. The average Bonchev–Trinajstić information content (AvgIpc) is 2.58. The maximum absolute atomic E-state index is 12.4. The van der Waals surface area contributed by atoms with Crippen molar-refractivity contribution in [2.24, 2.45) is 0 Å². The predicted molar refractivity (Wildman–Crippen MR) is 94.1 cm³/mol. The van der Waals surface area contributed by atoms with E-state index >= 15 is 0 Å². The standard InChI is InChI=1S/C18H16Cl2N2O2/c1-12(24-16-9-8-14(19)10-15(16)20)17(23)22-18(2,11-21)13-6-4-3-5-7-13/h3-10,12H,1-2H3,(H,22,23). The molecule has 2 aromatic rings. The first-order valence-electron chi connectivity index (χ1n) is 7.26. The Morgan fingerprint density at radius 3 is 2.50 bits per heavy atom. The monoisotopic (exact) mass is 362 g/mol. The van der Waals surface area contributed by atoms with Crippen molar-refractivity contribution in [3.8, 4) is 11.8 Å². The lowest BCUT2D eigenvalue weighted by molar-refractivity contribution is -0.128. The van der Waals surface area contributed by atoms with Gasteiger partial charge < -0.3 is 10.1 Å². The highest BCUT2D eigenvalue weighted by Crippen LogP contribution is 2.28. The summed E-state index contributed by atoms with van der Waals surface area (Å²) in [6.07, 6.45) is -0.833. The van der Waals surface area contributed by atoms with Gasteiger partial charge in [-0.2, -0.15) is 5.26 Å². The molecule has 2 unspecified atom stereocenters. The number of ether oxygens (including phenoxy) is 1. The molecule has 0 heterocycles. The molecule has 1 amide bonds. The molecule has 1 N–H and O–H groups in total. The Morgan fingerprint density at radius 2 is 1.92 bits per heavy atom. The van der Waals surface area contributed by atoms with E-state index < -0.39 is 17.6 Å². The van der Waals surface area contributed by atoms with E-state index in [-0.39, 0.29) is 0 Å². The number of hydrogen-bond donors (Lipinski definition) is 1. The number of carbonyl (C=O) groups excluding carboxylic acids is 1. The first-order chi connectivity index (χ1) is 11.4. The van der Waals surface area contributed by atoms with Crippen LogP contribution in [0.3, 0.4) is 0 Å². The zero-order valence-electron chi connectivity index (χ0n) is 13.2. The van der Waals surface area contributed by atoms with Gasteiger partial charge >= 0.3 is 0 Å². The highest BCUT2D eigenvalue weighted by atomic mass is 35.5. The number of amides is 1. The van der Waals surface area contributed by atoms with Gasteiger partial charge in [0.15, 0.2) is 6.10 Å². The summed E-state index contributed by atoms with van der Waals surface area (Å²) < 4.78 is 5.58. The summed E-state index contributed by atoms with van der Waals surface area (Å²) in [5.41, 5.74) is -0.461. The van der Waals surface area contributed by atoms with Crippen LogP contribution in [0, 0.1) is 11.3 Å². The maximum atomic E-state index is 12.4. The van der Waals surface area contributed by atoms with E-state index in [4.69, 9.17) is 27.9 Å². The van der Waals surface area contributed by atoms with Gasteiger partial charge in [0.2, 0.25) is 0 Å². The SMILES string of the molecule is CC(Oc1ccc(Cl)cc1Cl)C(=O)NC(C)(C#N)c1ccccc1. The molecule has 0 saturated carbocycles. The Bertz CT molecular complexity index is 774. The van der Waals surface area contributed by atoms with E-state index in [0.717, 1.165) is 0 Å². The van der Waals surface area contributed by atoms with E-state index in [1.54, 1.807) is 38.1 Å². The summed E-state index contributed by atoms with van der Waals surface area (Å²) in [5.74, 6) is -0.0731. The molecule has 24 heavy (non-hydrogen) atoms. The second-order valence-electron chi connectivity index (χ2n) is 5.43. The van der Waals surface area contributed by atoms with E-state index in [0.29, 0.717) is 21.4 Å². The van der Waals surface area contributed by atoms with Crippen LogP contribution in [0.15, 0.2) is 48.5 Å². The van der Waals surface area contributed by atoms with Crippen LogP contribution in [0.4, 0.5) is 0 Å². The van der Waals surface area contributed by atoms with Crippen LogP contribution >= 0.6 is 23.2 Å². The molecule has 124 valence electrons. The van der Waals surface area contributed by atoms with Crippen molar-refractivity contribution < 1.29 is 9.53 Å².